The van der Waals surface area contributed by atoms with Crippen molar-refractivity contribution < 1.29 is 24.2 Å². The maximum absolute atomic E-state index is 10.7. The summed E-state index contributed by atoms with van der Waals surface area (Å²) in [5.41, 5.74) is 0. The van der Waals surface area contributed by atoms with E-state index >= 15 is 0 Å². The van der Waals surface area contributed by atoms with Gasteiger partial charge < -0.3 is 14.6 Å². The number of aliphatic hydroxyl groups excluding tert-OH is 1. The van der Waals surface area contributed by atoms with Crippen LogP contribution < -0.4 is 0 Å². The van der Waals surface area contributed by atoms with Gasteiger partial charge in [0.05, 0.1) is 0 Å². The molecule has 2 unspecified atom stereocenters. The van der Waals surface area contributed by atoms with E-state index in [1.54, 1.807) is 0 Å². The molecule has 0 rings (SSSR count). The highest BCUT2D eigenvalue weighted by molar-refractivity contribution is 5.74. The predicted molar refractivity (Wildman–Crippen MR) is 39.0 cm³/mol. The fraction of sp³-hybridized carbons (Fsp3) is 0.714. The molecule has 5 heteroatoms. The van der Waals surface area contributed by atoms with Crippen molar-refractivity contribution >= 4 is 11.9 Å². The summed E-state index contributed by atoms with van der Waals surface area (Å²) in [6, 6.07) is 0. The number of hydrogen-bond donors (Lipinski definition) is 1. The van der Waals surface area contributed by atoms with Crippen LogP contribution in [0.25, 0.3) is 0 Å². The second kappa shape index (κ2) is 4.71. The normalized spacial score (nSPS) is 14.7. The quantitative estimate of drug-likeness (QED) is 0.477. The first-order valence-corrected chi connectivity index (χ1v) is 3.49. The van der Waals surface area contributed by atoms with Gasteiger partial charge in [0.2, 0.25) is 6.29 Å². The highest BCUT2D eigenvalue weighted by Crippen LogP contribution is 1.97. The van der Waals surface area contributed by atoms with Gasteiger partial charge >= 0.3 is 11.9 Å². The van der Waals surface area contributed by atoms with Gasteiger partial charge in [0, 0.05) is 13.8 Å². The lowest BCUT2D eigenvalue weighted by Gasteiger charge is -2.13. The van der Waals surface area contributed by atoms with Crippen LogP contribution in [-0.4, -0.2) is 29.4 Å². The van der Waals surface area contributed by atoms with Gasteiger partial charge in [-0.2, -0.15) is 0 Å². The molecule has 0 saturated carbocycles. The molecule has 0 heterocycles. The largest absolute Gasteiger partial charge is 0.426 e. The zero-order chi connectivity index (χ0) is 9.72. The van der Waals surface area contributed by atoms with Gasteiger partial charge in [0.25, 0.3) is 0 Å². The van der Waals surface area contributed by atoms with E-state index in [1.807, 2.05) is 0 Å². The lowest BCUT2D eigenvalue weighted by atomic mass is 10.4. The van der Waals surface area contributed by atoms with Gasteiger partial charge in [-0.1, -0.05) is 0 Å². The van der Waals surface area contributed by atoms with E-state index in [2.05, 4.69) is 9.47 Å². The van der Waals surface area contributed by atoms with Crippen molar-refractivity contribution in [3.05, 3.63) is 0 Å². The van der Waals surface area contributed by atoms with Crippen LogP contribution in [0.4, 0.5) is 0 Å². The minimum atomic E-state index is -1.21. The van der Waals surface area contributed by atoms with Crippen LogP contribution in [0, 0.1) is 0 Å². The summed E-state index contributed by atoms with van der Waals surface area (Å²) in [5.74, 6) is -1.36. The third-order valence-corrected chi connectivity index (χ3v) is 0.955. The van der Waals surface area contributed by atoms with E-state index in [0.29, 0.717) is 0 Å². The van der Waals surface area contributed by atoms with Crippen molar-refractivity contribution in [1.29, 1.82) is 0 Å². The number of ether oxygens (including phenoxy) is 2. The predicted octanol–water partition coefficient (Wildman–Crippen LogP) is -0.181. The lowest BCUT2D eigenvalue weighted by Crippen LogP contribution is -2.26. The molecule has 12 heavy (non-hydrogen) atoms. The van der Waals surface area contributed by atoms with E-state index in [4.69, 9.17) is 5.11 Å². The average molecular weight is 176 g/mol. The van der Waals surface area contributed by atoms with Crippen LogP contribution in [0.5, 0.6) is 0 Å². The molecule has 5 nitrogen and oxygen atoms in total. The summed E-state index contributed by atoms with van der Waals surface area (Å²) < 4.78 is 8.97. The standard InChI is InChI=1S/C7H12O5/c1-4(8)7(10)12-6(3)11-5(2)9/h4,6,8H,1-3H3. The molecule has 0 saturated heterocycles. The minimum Gasteiger partial charge on any atom is -0.426 e. The van der Waals surface area contributed by atoms with Gasteiger partial charge in [-0.25, -0.2) is 4.79 Å². The van der Waals surface area contributed by atoms with E-state index in [9.17, 15) is 9.59 Å². The minimum absolute atomic E-state index is 0.541. The maximum atomic E-state index is 10.7. The summed E-state index contributed by atoms with van der Waals surface area (Å²) >= 11 is 0. The molecule has 1 N–H and O–H groups in total. The number of rotatable bonds is 3. The Morgan fingerprint density at radius 1 is 1.25 bits per heavy atom. The Balaban J connectivity index is 3.76. The zero-order valence-electron chi connectivity index (χ0n) is 7.23. The summed E-state index contributed by atoms with van der Waals surface area (Å²) in [5, 5.41) is 8.69. The van der Waals surface area contributed by atoms with Crippen LogP contribution >= 0.6 is 0 Å². The Morgan fingerprint density at radius 2 is 1.75 bits per heavy atom. The molecule has 0 aliphatic heterocycles. The van der Waals surface area contributed by atoms with Gasteiger partial charge in [-0.05, 0) is 6.92 Å². The summed E-state index contributed by atoms with van der Waals surface area (Å²) in [6.45, 7) is 3.86. The topological polar surface area (TPSA) is 72.8 Å². The number of aliphatic hydroxyl groups is 1. The molecule has 70 valence electrons. The van der Waals surface area contributed by atoms with E-state index in [1.165, 1.54) is 20.8 Å². The first kappa shape index (κ1) is 10.9. The molecule has 0 fully saturated rings. The van der Waals surface area contributed by atoms with Crippen molar-refractivity contribution in [1.82, 2.24) is 0 Å². The molecule has 0 spiro atoms. The SMILES string of the molecule is CC(=O)OC(C)OC(=O)C(C)O. The van der Waals surface area contributed by atoms with E-state index < -0.39 is 24.3 Å². The second-order valence-electron chi connectivity index (χ2n) is 2.29. The number of carbonyl (C=O) groups excluding carboxylic acids is 2. The molecule has 0 aliphatic carbocycles. The smallest absolute Gasteiger partial charge is 0.337 e. The molecule has 0 aromatic heterocycles. The molecule has 0 aromatic carbocycles. The fourth-order valence-corrected chi connectivity index (χ4v) is 0.520. The van der Waals surface area contributed by atoms with Crippen molar-refractivity contribution in [2.45, 2.75) is 33.2 Å². The highest BCUT2D eigenvalue weighted by Gasteiger charge is 2.15. The first-order valence-electron chi connectivity index (χ1n) is 3.49. The monoisotopic (exact) mass is 176 g/mol. The van der Waals surface area contributed by atoms with Gasteiger partial charge in [-0.15, -0.1) is 0 Å². The maximum Gasteiger partial charge on any atom is 0.337 e. The Morgan fingerprint density at radius 3 is 2.08 bits per heavy atom. The summed E-state index contributed by atoms with van der Waals surface area (Å²) in [7, 11) is 0. The Hall–Kier alpha value is -1.10. The Kier molecular flexibility index (Phi) is 4.28. The lowest BCUT2D eigenvalue weighted by molar-refractivity contribution is -0.188. The van der Waals surface area contributed by atoms with Gasteiger partial charge in [-0.3, -0.25) is 4.79 Å². The Bertz CT molecular complexity index is 175. The second-order valence-corrected chi connectivity index (χ2v) is 2.29. The fourth-order valence-electron chi connectivity index (χ4n) is 0.520. The number of carbonyl (C=O) groups is 2. The van der Waals surface area contributed by atoms with E-state index in [-0.39, 0.29) is 0 Å². The molecular formula is C7H12O5. The molecule has 0 amide bonds. The number of hydrogen-bond acceptors (Lipinski definition) is 5. The van der Waals surface area contributed by atoms with E-state index in [0.717, 1.165) is 0 Å². The van der Waals surface area contributed by atoms with Crippen molar-refractivity contribution in [3.63, 3.8) is 0 Å². The van der Waals surface area contributed by atoms with Crippen LogP contribution in [-0.2, 0) is 19.1 Å². The molecule has 0 aromatic rings. The van der Waals surface area contributed by atoms with Gasteiger partial charge in [0.1, 0.15) is 6.10 Å². The number of esters is 2. The van der Waals surface area contributed by atoms with Crippen LogP contribution in [0.3, 0.4) is 0 Å². The van der Waals surface area contributed by atoms with Crippen molar-refractivity contribution in [2.75, 3.05) is 0 Å². The molecule has 0 bridgehead atoms. The third-order valence-electron chi connectivity index (χ3n) is 0.955. The molecule has 0 aliphatic rings. The summed E-state index contributed by atoms with van der Waals surface area (Å²) in [6.07, 6.45) is -2.16. The van der Waals surface area contributed by atoms with Crippen molar-refractivity contribution in [3.8, 4) is 0 Å². The van der Waals surface area contributed by atoms with Crippen LogP contribution in [0.1, 0.15) is 20.8 Å². The highest BCUT2D eigenvalue weighted by atomic mass is 16.7. The average Bonchev–Trinajstić information content (AvgIpc) is 1.84. The zero-order valence-corrected chi connectivity index (χ0v) is 7.23. The Labute approximate surface area is 70.3 Å². The first-order chi connectivity index (χ1) is 5.43. The van der Waals surface area contributed by atoms with Crippen molar-refractivity contribution in [2.24, 2.45) is 0 Å². The molecular weight excluding hydrogens is 164 g/mol. The van der Waals surface area contributed by atoms with Crippen LogP contribution in [0.15, 0.2) is 0 Å². The summed E-state index contributed by atoms with van der Waals surface area (Å²) in [4.78, 5) is 21.0. The van der Waals surface area contributed by atoms with Crippen LogP contribution in [0.2, 0.25) is 0 Å². The molecule has 2 atom stereocenters. The molecule has 0 radical (unpaired) electrons. The van der Waals surface area contributed by atoms with Gasteiger partial charge in [0.15, 0.2) is 0 Å². The third kappa shape index (κ3) is 4.68.